The second-order valence-corrected chi connectivity index (χ2v) is 8.32. The Labute approximate surface area is 133 Å². The van der Waals surface area contributed by atoms with Crippen LogP contribution in [0.5, 0.6) is 5.75 Å². The monoisotopic (exact) mass is 326 g/mol. The fraction of sp³-hybridized carbons (Fsp3) is 0.625. The summed E-state index contributed by atoms with van der Waals surface area (Å²) < 4.78 is 32.3. The molecule has 1 aromatic rings. The third kappa shape index (κ3) is 4.44. The van der Waals surface area contributed by atoms with Crippen molar-refractivity contribution in [1.82, 2.24) is 9.62 Å². The van der Waals surface area contributed by atoms with Gasteiger partial charge < -0.3 is 9.64 Å². The molecule has 0 fully saturated rings. The van der Waals surface area contributed by atoms with Gasteiger partial charge in [-0.05, 0) is 37.2 Å². The number of ether oxygens (including phenoxy) is 1. The maximum Gasteiger partial charge on any atom is 0.211 e. The van der Waals surface area contributed by atoms with E-state index in [-0.39, 0.29) is 17.7 Å². The fourth-order valence-electron chi connectivity index (χ4n) is 2.72. The number of likely N-dealkylation sites (N-methyl/N-ethyl adjacent to an activating group) is 1. The zero-order valence-corrected chi connectivity index (χ0v) is 14.6. The van der Waals surface area contributed by atoms with E-state index in [1.54, 1.807) is 0 Å². The Balaban J connectivity index is 2.11. The highest BCUT2D eigenvalue weighted by Gasteiger charge is 2.21. The molecule has 1 aliphatic heterocycles. The van der Waals surface area contributed by atoms with Crippen LogP contribution in [-0.2, 0) is 16.4 Å². The van der Waals surface area contributed by atoms with Gasteiger partial charge in [-0.3, -0.25) is 0 Å². The van der Waals surface area contributed by atoms with Crippen molar-refractivity contribution in [1.29, 1.82) is 0 Å². The van der Waals surface area contributed by atoms with Gasteiger partial charge in [0.15, 0.2) is 0 Å². The van der Waals surface area contributed by atoms with E-state index in [0.29, 0.717) is 6.54 Å². The van der Waals surface area contributed by atoms with Crippen LogP contribution in [0.2, 0.25) is 0 Å². The summed E-state index contributed by atoms with van der Waals surface area (Å²) in [5.41, 5.74) is 2.32. The van der Waals surface area contributed by atoms with E-state index in [9.17, 15) is 8.42 Å². The summed E-state index contributed by atoms with van der Waals surface area (Å²) in [7, 11) is 0.697. The summed E-state index contributed by atoms with van der Waals surface area (Å²) in [6.07, 6.45) is 0.919. The first-order chi connectivity index (χ1) is 10.3. The third-order valence-electron chi connectivity index (χ3n) is 3.77. The van der Waals surface area contributed by atoms with Gasteiger partial charge in [0, 0.05) is 19.0 Å². The number of nitrogens with zero attached hydrogens (tertiary/aromatic N) is 1. The number of rotatable bonds is 7. The molecule has 124 valence electrons. The molecule has 2 rings (SSSR count). The molecule has 1 N–H and O–H groups in total. The number of sulfonamides is 1. The van der Waals surface area contributed by atoms with Crippen LogP contribution >= 0.6 is 0 Å². The molecule has 0 aliphatic carbocycles. The van der Waals surface area contributed by atoms with Crippen molar-refractivity contribution in [3.8, 4) is 5.75 Å². The average molecular weight is 326 g/mol. The van der Waals surface area contributed by atoms with Gasteiger partial charge in [0.25, 0.3) is 0 Å². The maximum atomic E-state index is 12.0. The summed E-state index contributed by atoms with van der Waals surface area (Å²) >= 11 is 0. The Kier molecular flexibility index (Phi) is 5.47. The molecule has 1 aliphatic rings. The van der Waals surface area contributed by atoms with Gasteiger partial charge in [-0.25, -0.2) is 13.1 Å². The average Bonchev–Trinajstić information content (AvgIpc) is 2.84. The minimum absolute atomic E-state index is 0.00726. The lowest BCUT2D eigenvalue weighted by Gasteiger charge is -2.25. The lowest BCUT2D eigenvalue weighted by molar-refractivity contribution is 0.299. The quantitative estimate of drug-likeness (QED) is 0.830. The number of nitrogens with one attached hydrogen (secondary N) is 1. The highest BCUT2D eigenvalue weighted by molar-refractivity contribution is 7.89. The van der Waals surface area contributed by atoms with Crippen molar-refractivity contribution in [2.75, 3.05) is 33.0 Å². The molecule has 1 aromatic carbocycles. The summed E-state index contributed by atoms with van der Waals surface area (Å²) in [6.45, 7) is 4.92. The minimum atomic E-state index is -3.23. The Morgan fingerprint density at radius 1 is 1.32 bits per heavy atom. The van der Waals surface area contributed by atoms with E-state index in [4.69, 9.17) is 4.74 Å². The normalized spacial score (nSPS) is 15.9. The van der Waals surface area contributed by atoms with Crippen molar-refractivity contribution in [3.63, 3.8) is 0 Å². The molecular formula is C16H26N2O3S. The smallest absolute Gasteiger partial charge is 0.211 e. The first-order valence-electron chi connectivity index (χ1n) is 7.68. The summed E-state index contributed by atoms with van der Waals surface area (Å²) in [5, 5.41) is 0. The van der Waals surface area contributed by atoms with E-state index in [1.165, 1.54) is 5.56 Å². The van der Waals surface area contributed by atoms with Gasteiger partial charge in [0.1, 0.15) is 5.75 Å². The maximum absolute atomic E-state index is 12.0. The molecule has 0 amide bonds. The first kappa shape index (κ1) is 17.2. The van der Waals surface area contributed by atoms with E-state index < -0.39 is 10.0 Å². The zero-order valence-electron chi connectivity index (χ0n) is 13.8. The molecule has 5 nitrogen and oxygen atoms in total. The van der Waals surface area contributed by atoms with E-state index in [1.807, 2.05) is 45.0 Å². The topological polar surface area (TPSA) is 58.6 Å². The second-order valence-electron chi connectivity index (χ2n) is 6.47. The second kappa shape index (κ2) is 6.98. The molecule has 22 heavy (non-hydrogen) atoms. The molecule has 0 bridgehead atoms. The third-order valence-corrected chi connectivity index (χ3v) is 5.48. The summed E-state index contributed by atoms with van der Waals surface area (Å²) in [4.78, 5) is 2.04. The molecule has 1 heterocycles. The predicted molar refractivity (Wildman–Crippen MR) is 88.7 cm³/mol. The highest BCUT2D eigenvalue weighted by atomic mass is 32.2. The standard InChI is InChI=1S/C16H26N2O3S/c1-12(2)11-22(19,20)17-10-15(18(3)4)13-5-6-16-14(9-13)7-8-21-16/h5-6,9,12,15,17H,7-8,10-11H2,1-4H3. The SMILES string of the molecule is CC(C)CS(=O)(=O)NCC(c1ccc2c(c1)CCO2)N(C)C. The Morgan fingerprint density at radius 2 is 2.05 bits per heavy atom. The molecule has 6 heteroatoms. The van der Waals surface area contributed by atoms with Gasteiger partial charge >= 0.3 is 0 Å². The van der Waals surface area contributed by atoms with Crippen LogP contribution in [0.15, 0.2) is 18.2 Å². The van der Waals surface area contributed by atoms with Gasteiger partial charge in [-0.2, -0.15) is 0 Å². The van der Waals surface area contributed by atoms with Crippen molar-refractivity contribution >= 4 is 10.0 Å². The van der Waals surface area contributed by atoms with Crippen LogP contribution in [0.25, 0.3) is 0 Å². The van der Waals surface area contributed by atoms with Gasteiger partial charge in [0.05, 0.1) is 12.4 Å². The van der Waals surface area contributed by atoms with Crippen molar-refractivity contribution in [2.45, 2.75) is 26.3 Å². The minimum Gasteiger partial charge on any atom is -0.493 e. The van der Waals surface area contributed by atoms with Crippen LogP contribution in [0.4, 0.5) is 0 Å². The molecule has 0 radical (unpaired) electrons. The number of hydrogen-bond donors (Lipinski definition) is 1. The number of benzene rings is 1. The van der Waals surface area contributed by atoms with Crippen LogP contribution in [0.3, 0.4) is 0 Å². The lowest BCUT2D eigenvalue weighted by Crippen LogP contribution is -2.36. The summed E-state index contributed by atoms with van der Waals surface area (Å²) in [5.74, 6) is 1.22. The molecule has 0 saturated heterocycles. The molecule has 1 unspecified atom stereocenters. The van der Waals surface area contributed by atoms with Crippen LogP contribution in [0, 0.1) is 5.92 Å². The number of hydrogen-bond acceptors (Lipinski definition) is 4. The largest absolute Gasteiger partial charge is 0.493 e. The fourth-order valence-corrected chi connectivity index (χ4v) is 4.12. The zero-order chi connectivity index (χ0) is 16.3. The van der Waals surface area contributed by atoms with Crippen LogP contribution < -0.4 is 9.46 Å². The van der Waals surface area contributed by atoms with Crippen LogP contribution in [-0.4, -0.2) is 46.3 Å². The Hall–Kier alpha value is -1.11. The number of fused-ring (bicyclic) bond motifs is 1. The molecular weight excluding hydrogens is 300 g/mol. The van der Waals surface area contributed by atoms with Crippen molar-refractivity contribution in [2.24, 2.45) is 5.92 Å². The molecule has 0 spiro atoms. The first-order valence-corrected chi connectivity index (χ1v) is 9.33. The lowest BCUT2D eigenvalue weighted by atomic mass is 10.0. The molecule has 0 saturated carbocycles. The Morgan fingerprint density at radius 3 is 2.68 bits per heavy atom. The van der Waals surface area contributed by atoms with Gasteiger partial charge in [-0.1, -0.05) is 26.0 Å². The van der Waals surface area contributed by atoms with Crippen molar-refractivity contribution < 1.29 is 13.2 Å². The molecule has 1 atom stereocenters. The van der Waals surface area contributed by atoms with Gasteiger partial charge in [-0.15, -0.1) is 0 Å². The van der Waals surface area contributed by atoms with Gasteiger partial charge in [0.2, 0.25) is 10.0 Å². The van der Waals surface area contributed by atoms with E-state index in [0.717, 1.165) is 24.3 Å². The Bertz CT molecular complexity index is 612. The summed E-state index contributed by atoms with van der Waals surface area (Å²) in [6, 6.07) is 6.14. The highest BCUT2D eigenvalue weighted by Crippen LogP contribution is 2.29. The molecule has 0 aromatic heterocycles. The van der Waals surface area contributed by atoms with Crippen LogP contribution in [0.1, 0.15) is 31.0 Å². The van der Waals surface area contributed by atoms with Crippen molar-refractivity contribution in [3.05, 3.63) is 29.3 Å². The van der Waals surface area contributed by atoms with E-state index in [2.05, 4.69) is 10.8 Å². The van der Waals surface area contributed by atoms with E-state index >= 15 is 0 Å². The predicted octanol–water partition coefficient (Wildman–Crippen LogP) is 1.80.